The van der Waals surface area contributed by atoms with E-state index < -0.39 is 9.15 Å². The van der Waals surface area contributed by atoms with Gasteiger partial charge in [-0.15, -0.1) is 0 Å². The summed E-state index contributed by atoms with van der Waals surface area (Å²) in [6, 6.07) is 0. The zero-order chi connectivity index (χ0) is 4.50. The lowest BCUT2D eigenvalue weighted by Crippen LogP contribution is -1.78. The number of rotatable bonds is 0. The Labute approximate surface area is 62.3 Å². The molecule has 0 fully saturated rings. The Morgan fingerprint density at radius 2 is 1.43 bits per heavy atom. The van der Waals surface area contributed by atoms with Gasteiger partial charge in [-0.2, -0.15) is 8.42 Å². The lowest BCUT2D eigenvalue weighted by atomic mass is 15.9. The van der Waals surface area contributed by atoms with Crippen LogP contribution in [0.5, 0.6) is 0 Å². The number of hydrogen-bond donors (Lipinski definition) is 2. The summed E-state index contributed by atoms with van der Waals surface area (Å²) in [7, 11) is -3.97. The van der Waals surface area contributed by atoms with Crippen LogP contribution < -0.4 is 0 Å². The molecule has 0 saturated carbocycles. The average Bonchev–Trinajstić information content (AvgIpc) is 0.722. The van der Waals surface area contributed by atoms with Gasteiger partial charge in [0.15, 0.2) is 0 Å². The molecule has 0 radical (unpaired) electrons. The summed E-state index contributed by atoms with van der Waals surface area (Å²) in [4.78, 5) is 0. The predicted molar refractivity (Wildman–Crippen MR) is 32.7 cm³/mol. The van der Waals surface area contributed by atoms with Crippen molar-refractivity contribution in [3.05, 3.63) is 0 Å². The Morgan fingerprint density at radius 3 is 1.43 bits per heavy atom. The summed E-state index contributed by atoms with van der Waals surface area (Å²) in [6.07, 6.45) is 0. The van der Waals surface area contributed by atoms with Crippen LogP contribution in [0.25, 0.3) is 0 Å². The van der Waals surface area contributed by atoms with Gasteiger partial charge >= 0.3 is 32.2 Å². The van der Waals surface area contributed by atoms with E-state index in [4.69, 9.17) is 13.0 Å². The van der Waals surface area contributed by atoms with Gasteiger partial charge in [-0.1, -0.05) is 0 Å². The second-order valence-electron chi connectivity index (χ2n) is 0.448. The van der Waals surface area contributed by atoms with E-state index in [1.54, 1.807) is 0 Å². The molecule has 0 saturated heterocycles. The molecule has 0 atom stereocenters. The molecule has 0 aliphatic carbocycles. The van der Waals surface area contributed by atoms with Crippen molar-refractivity contribution < 1.29 is 18.4 Å². The first-order valence-electron chi connectivity index (χ1n) is 0.698. The van der Waals surface area contributed by atoms with Gasteiger partial charge in [-0.05, 0) is 11.7 Å². The Kier molecular flexibility index (Phi) is 11.5. The van der Waals surface area contributed by atoms with E-state index in [1.165, 1.54) is 0 Å². The molecule has 7 heteroatoms. The third-order valence-electron chi connectivity index (χ3n) is 0. The second kappa shape index (κ2) is 5.13. The highest BCUT2D eigenvalue weighted by Gasteiger charge is 1.83. The monoisotopic (exact) mass is 158 g/mol. The van der Waals surface area contributed by atoms with Crippen LogP contribution in [-0.4, -0.2) is 41.5 Å². The largest absolute Gasteiger partial charge is 0.412 e. The van der Waals surface area contributed by atoms with Crippen LogP contribution in [0.1, 0.15) is 0 Å². The van der Waals surface area contributed by atoms with Gasteiger partial charge in [0.25, 0.3) is 0 Å². The van der Waals surface area contributed by atoms with Crippen molar-refractivity contribution >= 4 is 43.9 Å². The zero-order valence-electron chi connectivity index (χ0n) is 2.62. The molecule has 0 unspecified atom stereocenters. The molecular formula is H6MgO4S2. The maximum Gasteiger partial charge on any atom is 0.316 e. The van der Waals surface area contributed by atoms with E-state index in [0.717, 1.165) is 0 Å². The van der Waals surface area contributed by atoms with Crippen molar-refractivity contribution in [2.75, 3.05) is 0 Å². The van der Waals surface area contributed by atoms with E-state index in [-0.39, 0.29) is 28.5 Å². The highest BCUT2D eigenvalue weighted by molar-refractivity contribution is 8.61. The van der Waals surface area contributed by atoms with Gasteiger partial charge in [0.1, 0.15) is 0 Å². The minimum atomic E-state index is -3.97. The molecule has 0 spiro atoms. The third kappa shape index (κ3) is 179. The standard InChI is InChI=1S/Mg.H2O3S2.H2O.2H/c;1-5(2,3)4;;;/h;(H2,1,2,3,4);1H2;;. The first kappa shape index (κ1) is 15.7. The molecule has 0 aromatic heterocycles. The highest BCUT2D eigenvalue weighted by Crippen LogP contribution is 1.81. The molecule has 3 N–H and O–H groups in total. The van der Waals surface area contributed by atoms with Crippen LogP contribution in [-0.2, 0) is 9.15 Å². The summed E-state index contributed by atoms with van der Waals surface area (Å²) in [5, 5.41) is 0. The van der Waals surface area contributed by atoms with Gasteiger partial charge in [0.2, 0.25) is 0 Å². The Balaban J connectivity index is -0.0000000800. The molecule has 0 aromatic carbocycles. The topological polar surface area (TPSA) is 85.9 Å². The first-order valence-corrected chi connectivity index (χ1v) is 3.19. The van der Waals surface area contributed by atoms with Crippen LogP contribution in [0.2, 0.25) is 0 Å². The van der Waals surface area contributed by atoms with E-state index in [2.05, 4.69) is 11.7 Å². The van der Waals surface area contributed by atoms with Crippen LogP contribution in [0.4, 0.5) is 0 Å². The van der Waals surface area contributed by atoms with Crippen molar-refractivity contribution in [3.8, 4) is 0 Å². The molecule has 0 rings (SSSR count). The molecule has 0 aliphatic heterocycles. The minimum absolute atomic E-state index is 0. The zero-order valence-corrected chi connectivity index (χ0v) is 4.33. The van der Waals surface area contributed by atoms with E-state index in [0.29, 0.717) is 0 Å². The Hall–Kier alpha value is 0.986. The fourth-order valence-electron chi connectivity index (χ4n) is 0. The van der Waals surface area contributed by atoms with Gasteiger partial charge in [0.05, 0.1) is 0 Å². The molecule has 0 amide bonds. The van der Waals surface area contributed by atoms with Crippen molar-refractivity contribution in [2.24, 2.45) is 0 Å². The van der Waals surface area contributed by atoms with Gasteiger partial charge < -0.3 is 5.48 Å². The third-order valence-corrected chi connectivity index (χ3v) is 0. The van der Waals surface area contributed by atoms with Crippen molar-refractivity contribution in [3.63, 3.8) is 0 Å². The molecule has 0 aromatic rings. The summed E-state index contributed by atoms with van der Waals surface area (Å²) < 4.78 is 25.5. The van der Waals surface area contributed by atoms with Crippen LogP contribution in [0, 0.1) is 0 Å². The van der Waals surface area contributed by atoms with Crippen LogP contribution in [0.15, 0.2) is 0 Å². The molecular weight excluding hydrogens is 152 g/mol. The Bertz CT molecular complexity index is 92.9. The number of thiol groups is 1. The fraction of sp³-hybridized carbons (Fsp3) is 0. The van der Waals surface area contributed by atoms with Crippen molar-refractivity contribution in [1.29, 1.82) is 0 Å². The SMILES string of the molecule is O.O=S(=O)(O)S.[MgH2]. The van der Waals surface area contributed by atoms with Crippen LogP contribution in [0.3, 0.4) is 0 Å². The number of hydrogen-bond acceptors (Lipinski definition) is 2. The van der Waals surface area contributed by atoms with Gasteiger partial charge in [0, 0.05) is 0 Å². The van der Waals surface area contributed by atoms with E-state index in [1.807, 2.05) is 0 Å². The maximum absolute atomic E-state index is 9.05. The minimum Gasteiger partial charge on any atom is -0.412 e. The normalized spacial score (nSPS) is 8.29. The quantitative estimate of drug-likeness (QED) is 0.185. The summed E-state index contributed by atoms with van der Waals surface area (Å²) >= 11 is 2.65. The molecule has 4 nitrogen and oxygen atoms in total. The molecule has 0 bridgehead atoms. The summed E-state index contributed by atoms with van der Waals surface area (Å²) in [5.41, 5.74) is 0. The average molecular weight is 158 g/mol. The second-order valence-corrected chi connectivity index (χ2v) is 2.73. The van der Waals surface area contributed by atoms with Gasteiger partial charge in [-0.25, -0.2) is 0 Å². The lowest BCUT2D eigenvalue weighted by molar-refractivity contribution is 0.503. The van der Waals surface area contributed by atoms with E-state index >= 15 is 0 Å². The summed E-state index contributed by atoms with van der Waals surface area (Å²) in [5.74, 6) is 0. The lowest BCUT2D eigenvalue weighted by Gasteiger charge is -1.67. The fourth-order valence-corrected chi connectivity index (χ4v) is 0. The molecule has 44 valence electrons. The van der Waals surface area contributed by atoms with Gasteiger partial charge in [-0.3, -0.25) is 4.55 Å². The highest BCUT2D eigenvalue weighted by atomic mass is 33.1. The predicted octanol–water partition coefficient (Wildman–Crippen LogP) is -2.02. The summed E-state index contributed by atoms with van der Waals surface area (Å²) in [6.45, 7) is 0. The van der Waals surface area contributed by atoms with E-state index in [9.17, 15) is 0 Å². The maximum atomic E-state index is 9.05. The first-order chi connectivity index (χ1) is 2.00. The molecule has 7 heavy (non-hydrogen) atoms. The molecule has 0 aliphatic rings. The smallest absolute Gasteiger partial charge is 0.316 e. The van der Waals surface area contributed by atoms with Crippen molar-refractivity contribution in [2.45, 2.75) is 0 Å². The Morgan fingerprint density at radius 1 is 1.43 bits per heavy atom. The van der Waals surface area contributed by atoms with Crippen LogP contribution >= 0.6 is 11.7 Å². The van der Waals surface area contributed by atoms with Crippen molar-refractivity contribution in [1.82, 2.24) is 0 Å². The molecule has 0 heterocycles.